The van der Waals surface area contributed by atoms with Crippen LogP contribution in [0.5, 0.6) is 0 Å². The number of halogens is 2. The lowest BCUT2D eigenvalue weighted by Crippen LogP contribution is -2.17. The van der Waals surface area contributed by atoms with Gasteiger partial charge < -0.3 is 5.32 Å². The maximum absolute atomic E-state index is 12.9. The maximum Gasteiger partial charge on any atom is 0.124 e. The molecule has 1 fully saturated rings. The van der Waals surface area contributed by atoms with Crippen LogP contribution in [0.1, 0.15) is 32.1 Å². The second kappa shape index (κ2) is 5.67. The van der Waals surface area contributed by atoms with Crippen molar-refractivity contribution in [3.63, 3.8) is 0 Å². The molecule has 0 spiro atoms. The highest BCUT2D eigenvalue weighted by Gasteiger charge is 2.13. The van der Waals surface area contributed by atoms with Crippen LogP contribution in [0, 0.1) is 11.7 Å². The number of hydrogen-bond donors (Lipinski definition) is 1. The van der Waals surface area contributed by atoms with Gasteiger partial charge in [0.2, 0.25) is 0 Å². The van der Waals surface area contributed by atoms with E-state index in [9.17, 15) is 4.39 Å². The molecule has 1 aliphatic rings. The van der Waals surface area contributed by atoms with Crippen molar-refractivity contribution in [3.8, 4) is 0 Å². The summed E-state index contributed by atoms with van der Waals surface area (Å²) >= 11 is 3.37. The van der Waals surface area contributed by atoms with Crippen molar-refractivity contribution >= 4 is 21.6 Å². The highest BCUT2D eigenvalue weighted by Crippen LogP contribution is 2.26. The third-order valence-corrected chi connectivity index (χ3v) is 3.89. The Morgan fingerprint density at radius 2 is 2.00 bits per heavy atom. The Morgan fingerprint density at radius 1 is 1.25 bits per heavy atom. The van der Waals surface area contributed by atoms with E-state index in [1.54, 1.807) is 6.07 Å². The summed E-state index contributed by atoms with van der Waals surface area (Å²) in [4.78, 5) is 0. The van der Waals surface area contributed by atoms with Crippen molar-refractivity contribution in [1.82, 2.24) is 0 Å². The van der Waals surface area contributed by atoms with E-state index in [2.05, 4.69) is 21.2 Å². The molecule has 88 valence electrons. The number of rotatable bonds is 3. The van der Waals surface area contributed by atoms with Crippen molar-refractivity contribution in [2.75, 3.05) is 11.9 Å². The zero-order valence-electron chi connectivity index (χ0n) is 9.31. The normalized spacial score (nSPS) is 17.4. The molecule has 0 atom stereocenters. The summed E-state index contributed by atoms with van der Waals surface area (Å²) in [5.74, 6) is 0.584. The first kappa shape index (κ1) is 11.9. The van der Waals surface area contributed by atoms with Gasteiger partial charge in [-0.1, -0.05) is 19.3 Å². The van der Waals surface area contributed by atoms with Gasteiger partial charge in [0.25, 0.3) is 0 Å². The topological polar surface area (TPSA) is 12.0 Å². The molecule has 1 aromatic rings. The molecule has 0 saturated heterocycles. The Kier molecular flexibility index (Phi) is 4.22. The van der Waals surface area contributed by atoms with Crippen LogP contribution < -0.4 is 5.32 Å². The highest BCUT2D eigenvalue weighted by molar-refractivity contribution is 9.10. The average molecular weight is 286 g/mol. The lowest BCUT2D eigenvalue weighted by Gasteiger charge is -2.22. The van der Waals surface area contributed by atoms with E-state index in [4.69, 9.17) is 0 Å². The first-order valence-electron chi connectivity index (χ1n) is 5.94. The van der Waals surface area contributed by atoms with E-state index < -0.39 is 0 Å². The Hall–Kier alpha value is -0.570. The van der Waals surface area contributed by atoms with E-state index in [1.807, 2.05) is 0 Å². The monoisotopic (exact) mass is 285 g/mol. The lowest BCUT2D eigenvalue weighted by molar-refractivity contribution is 0.373. The van der Waals surface area contributed by atoms with Gasteiger partial charge in [-0.15, -0.1) is 0 Å². The molecule has 1 aliphatic carbocycles. The van der Waals surface area contributed by atoms with Gasteiger partial charge in [0.15, 0.2) is 0 Å². The van der Waals surface area contributed by atoms with Gasteiger partial charge in [-0.25, -0.2) is 4.39 Å². The number of hydrogen-bond acceptors (Lipinski definition) is 1. The van der Waals surface area contributed by atoms with Crippen LogP contribution in [0.3, 0.4) is 0 Å². The second-order valence-corrected chi connectivity index (χ2v) is 5.36. The molecular weight excluding hydrogens is 269 g/mol. The van der Waals surface area contributed by atoms with Crippen LogP contribution in [0.2, 0.25) is 0 Å². The lowest BCUT2D eigenvalue weighted by atomic mass is 9.89. The molecular formula is C13H17BrFN. The van der Waals surface area contributed by atoms with E-state index in [-0.39, 0.29) is 5.82 Å². The fourth-order valence-corrected chi connectivity index (χ4v) is 2.77. The zero-order valence-corrected chi connectivity index (χ0v) is 10.9. The maximum atomic E-state index is 12.9. The predicted molar refractivity (Wildman–Crippen MR) is 69.2 cm³/mol. The largest absolute Gasteiger partial charge is 0.384 e. The fraction of sp³-hybridized carbons (Fsp3) is 0.538. The van der Waals surface area contributed by atoms with Crippen molar-refractivity contribution in [3.05, 3.63) is 28.5 Å². The molecule has 3 heteroatoms. The third kappa shape index (κ3) is 3.21. The molecule has 1 aromatic carbocycles. The van der Waals surface area contributed by atoms with E-state index in [0.29, 0.717) is 0 Å². The molecule has 16 heavy (non-hydrogen) atoms. The van der Waals surface area contributed by atoms with Crippen molar-refractivity contribution in [1.29, 1.82) is 0 Å². The standard InChI is InChI=1S/C13H17BrFN/c14-12-8-11(15)6-7-13(12)16-9-10-4-2-1-3-5-10/h6-8,10,16H,1-5,9H2. The van der Waals surface area contributed by atoms with Crippen LogP contribution in [0.15, 0.2) is 22.7 Å². The van der Waals surface area contributed by atoms with Gasteiger partial charge in [-0.2, -0.15) is 0 Å². The van der Waals surface area contributed by atoms with E-state index in [1.165, 1.54) is 44.2 Å². The zero-order chi connectivity index (χ0) is 11.4. The summed E-state index contributed by atoms with van der Waals surface area (Å²) in [6.45, 7) is 1.00. The van der Waals surface area contributed by atoms with E-state index in [0.717, 1.165) is 22.6 Å². The molecule has 1 N–H and O–H groups in total. The third-order valence-electron chi connectivity index (χ3n) is 3.24. The number of anilines is 1. The SMILES string of the molecule is Fc1ccc(NCC2CCCCC2)c(Br)c1. The highest BCUT2D eigenvalue weighted by atomic mass is 79.9. The van der Waals surface area contributed by atoms with Crippen LogP contribution in [-0.2, 0) is 0 Å². The molecule has 1 nitrogen and oxygen atoms in total. The van der Waals surface area contributed by atoms with Crippen molar-refractivity contribution in [2.45, 2.75) is 32.1 Å². The summed E-state index contributed by atoms with van der Waals surface area (Å²) in [5.41, 5.74) is 0.993. The molecule has 0 radical (unpaired) electrons. The fourth-order valence-electron chi connectivity index (χ4n) is 2.28. The van der Waals surface area contributed by atoms with Crippen LogP contribution >= 0.6 is 15.9 Å². The minimum Gasteiger partial charge on any atom is -0.384 e. The smallest absolute Gasteiger partial charge is 0.124 e. The minimum atomic E-state index is -0.199. The summed E-state index contributed by atoms with van der Waals surface area (Å²) in [6.07, 6.45) is 6.75. The molecule has 0 aliphatic heterocycles. The molecule has 0 bridgehead atoms. The Morgan fingerprint density at radius 3 is 2.69 bits per heavy atom. The van der Waals surface area contributed by atoms with Gasteiger partial charge in [0.05, 0.1) is 0 Å². The Balaban J connectivity index is 1.88. The Labute approximate surface area is 105 Å². The van der Waals surface area contributed by atoms with Crippen LogP contribution in [-0.4, -0.2) is 6.54 Å². The quantitative estimate of drug-likeness (QED) is 0.857. The van der Waals surface area contributed by atoms with E-state index >= 15 is 0 Å². The van der Waals surface area contributed by atoms with Gasteiger partial charge >= 0.3 is 0 Å². The summed E-state index contributed by atoms with van der Waals surface area (Å²) in [6, 6.07) is 4.79. The van der Waals surface area contributed by atoms with Crippen LogP contribution in [0.25, 0.3) is 0 Å². The van der Waals surface area contributed by atoms with Crippen LogP contribution in [0.4, 0.5) is 10.1 Å². The molecule has 0 amide bonds. The molecule has 0 heterocycles. The van der Waals surface area contributed by atoms with Crippen molar-refractivity contribution in [2.24, 2.45) is 5.92 Å². The van der Waals surface area contributed by atoms with Crippen molar-refractivity contribution < 1.29 is 4.39 Å². The number of benzene rings is 1. The van der Waals surface area contributed by atoms with Gasteiger partial charge in [0.1, 0.15) is 5.82 Å². The summed E-state index contributed by atoms with van der Waals surface area (Å²) in [7, 11) is 0. The first-order chi connectivity index (χ1) is 7.75. The summed E-state index contributed by atoms with van der Waals surface area (Å²) < 4.78 is 13.7. The second-order valence-electron chi connectivity index (χ2n) is 4.51. The minimum absolute atomic E-state index is 0.199. The van der Waals surface area contributed by atoms with Gasteiger partial charge in [-0.05, 0) is 52.9 Å². The average Bonchev–Trinajstić information content (AvgIpc) is 2.29. The molecule has 1 saturated carbocycles. The molecule has 2 rings (SSSR count). The number of nitrogens with one attached hydrogen (secondary N) is 1. The molecule has 0 aromatic heterocycles. The molecule has 0 unspecified atom stereocenters. The summed E-state index contributed by atoms with van der Waals surface area (Å²) in [5, 5.41) is 3.40. The Bertz CT molecular complexity index is 348. The van der Waals surface area contributed by atoms with Gasteiger partial charge in [-0.3, -0.25) is 0 Å². The predicted octanol–water partition coefficient (Wildman–Crippen LogP) is 4.58. The first-order valence-corrected chi connectivity index (χ1v) is 6.74. The van der Waals surface area contributed by atoms with Gasteiger partial charge in [0, 0.05) is 16.7 Å².